The quantitative estimate of drug-likeness (QED) is 0.722. The van der Waals surface area contributed by atoms with E-state index in [1.54, 1.807) is 12.1 Å². The van der Waals surface area contributed by atoms with Crippen molar-refractivity contribution in [3.63, 3.8) is 0 Å². The molecule has 0 unspecified atom stereocenters. The summed E-state index contributed by atoms with van der Waals surface area (Å²) in [5, 5.41) is 2.78. The lowest BCUT2D eigenvalue weighted by atomic mass is 10.2. The zero-order valence-corrected chi connectivity index (χ0v) is 14.5. The third kappa shape index (κ3) is 5.18. The van der Waals surface area contributed by atoms with Gasteiger partial charge in [0.2, 0.25) is 10.0 Å². The first kappa shape index (κ1) is 18.2. The van der Waals surface area contributed by atoms with Gasteiger partial charge in [-0.05, 0) is 30.2 Å². The SMILES string of the molecule is CCCCNC(=O)c1cccc(S(=O)(=O)NCc2ccccc2)c1. The number of nitrogens with one attached hydrogen (secondary N) is 2. The smallest absolute Gasteiger partial charge is 0.251 e. The molecular weight excluding hydrogens is 324 g/mol. The lowest BCUT2D eigenvalue weighted by Crippen LogP contribution is -2.26. The van der Waals surface area contributed by atoms with Crippen molar-refractivity contribution in [2.45, 2.75) is 31.2 Å². The maximum absolute atomic E-state index is 12.4. The second-order valence-electron chi connectivity index (χ2n) is 5.45. The molecule has 0 aliphatic heterocycles. The van der Waals surface area contributed by atoms with Crippen molar-refractivity contribution in [2.24, 2.45) is 0 Å². The Bertz CT molecular complexity index is 774. The van der Waals surface area contributed by atoms with Gasteiger partial charge < -0.3 is 5.32 Å². The van der Waals surface area contributed by atoms with E-state index in [1.165, 1.54) is 12.1 Å². The third-order valence-corrected chi connectivity index (χ3v) is 4.93. The molecule has 6 heteroatoms. The van der Waals surface area contributed by atoms with E-state index >= 15 is 0 Å². The van der Waals surface area contributed by atoms with Crippen LogP contribution in [-0.4, -0.2) is 20.9 Å². The molecule has 2 aromatic carbocycles. The van der Waals surface area contributed by atoms with Gasteiger partial charge in [-0.15, -0.1) is 0 Å². The van der Waals surface area contributed by atoms with Gasteiger partial charge in [-0.1, -0.05) is 49.7 Å². The van der Waals surface area contributed by atoms with E-state index in [4.69, 9.17) is 0 Å². The highest BCUT2D eigenvalue weighted by atomic mass is 32.2. The van der Waals surface area contributed by atoms with Crippen LogP contribution in [0.25, 0.3) is 0 Å². The van der Waals surface area contributed by atoms with Crippen molar-refractivity contribution in [1.82, 2.24) is 10.0 Å². The molecule has 0 bridgehead atoms. The predicted molar refractivity (Wildman–Crippen MR) is 94.2 cm³/mol. The highest BCUT2D eigenvalue weighted by Crippen LogP contribution is 2.12. The van der Waals surface area contributed by atoms with E-state index in [9.17, 15) is 13.2 Å². The fraction of sp³-hybridized carbons (Fsp3) is 0.278. The number of amides is 1. The molecule has 2 N–H and O–H groups in total. The average molecular weight is 346 g/mol. The molecule has 0 spiro atoms. The second kappa shape index (κ2) is 8.61. The van der Waals surface area contributed by atoms with Crippen molar-refractivity contribution < 1.29 is 13.2 Å². The van der Waals surface area contributed by atoms with E-state index in [0.717, 1.165) is 18.4 Å². The highest BCUT2D eigenvalue weighted by Gasteiger charge is 2.16. The Kier molecular flexibility index (Phi) is 6.52. The van der Waals surface area contributed by atoms with Gasteiger partial charge >= 0.3 is 0 Å². The Morgan fingerprint density at radius 3 is 2.50 bits per heavy atom. The molecule has 2 rings (SSSR count). The second-order valence-corrected chi connectivity index (χ2v) is 7.21. The van der Waals surface area contributed by atoms with E-state index in [-0.39, 0.29) is 17.3 Å². The molecule has 0 radical (unpaired) electrons. The molecule has 0 heterocycles. The van der Waals surface area contributed by atoms with Crippen LogP contribution >= 0.6 is 0 Å². The number of benzene rings is 2. The minimum Gasteiger partial charge on any atom is -0.352 e. The van der Waals surface area contributed by atoms with Crippen LogP contribution in [0, 0.1) is 0 Å². The van der Waals surface area contributed by atoms with Gasteiger partial charge in [0.15, 0.2) is 0 Å². The lowest BCUT2D eigenvalue weighted by molar-refractivity contribution is 0.0953. The van der Waals surface area contributed by atoms with Crippen LogP contribution in [0.2, 0.25) is 0 Å². The van der Waals surface area contributed by atoms with Crippen molar-refractivity contribution >= 4 is 15.9 Å². The summed E-state index contributed by atoms with van der Waals surface area (Å²) >= 11 is 0. The third-order valence-electron chi connectivity index (χ3n) is 3.53. The van der Waals surface area contributed by atoms with Crippen LogP contribution < -0.4 is 10.0 Å². The van der Waals surface area contributed by atoms with Crippen LogP contribution in [-0.2, 0) is 16.6 Å². The first-order valence-corrected chi connectivity index (χ1v) is 9.43. The Labute approximate surface area is 143 Å². The molecule has 5 nitrogen and oxygen atoms in total. The number of rotatable bonds is 8. The van der Waals surface area contributed by atoms with Crippen LogP contribution in [0.15, 0.2) is 59.5 Å². The van der Waals surface area contributed by atoms with Crippen LogP contribution in [0.3, 0.4) is 0 Å². The molecule has 0 aliphatic rings. The fourth-order valence-corrected chi connectivity index (χ4v) is 3.21. The standard InChI is InChI=1S/C18H22N2O3S/c1-2-3-12-19-18(21)16-10-7-11-17(13-16)24(22,23)20-14-15-8-5-4-6-9-15/h4-11,13,20H,2-3,12,14H2,1H3,(H,19,21). The van der Waals surface area contributed by atoms with Gasteiger partial charge in [0.1, 0.15) is 0 Å². The number of carbonyl (C=O) groups is 1. The van der Waals surface area contributed by atoms with E-state index in [0.29, 0.717) is 12.1 Å². The molecule has 0 fully saturated rings. The molecule has 0 aromatic heterocycles. The molecule has 1 amide bonds. The summed E-state index contributed by atoms with van der Waals surface area (Å²) in [6.07, 6.45) is 1.88. The molecule has 0 saturated heterocycles. The number of unbranched alkanes of at least 4 members (excludes halogenated alkanes) is 1. The molecule has 2 aromatic rings. The number of sulfonamides is 1. The van der Waals surface area contributed by atoms with Crippen molar-refractivity contribution in [2.75, 3.05) is 6.54 Å². The zero-order chi connectivity index (χ0) is 17.4. The van der Waals surface area contributed by atoms with E-state index in [1.807, 2.05) is 37.3 Å². The van der Waals surface area contributed by atoms with Crippen molar-refractivity contribution in [1.29, 1.82) is 0 Å². The van der Waals surface area contributed by atoms with Crippen molar-refractivity contribution in [3.05, 3.63) is 65.7 Å². The van der Waals surface area contributed by atoms with Crippen LogP contribution in [0.4, 0.5) is 0 Å². The summed E-state index contributed by atoms with van der Waals surface area (Å²) in [6.45, 7) is 2.83. The lowest BCUT2D eigenvalue weighted by Gasteiger charge is -2.09. The van der Waals surface area contributed by atoms with Gasteiger partial charge in [0.05, 0.1) is 4.90 Å². The number of hydrogen-bond acceptors (Lipinski definition) is 3. The first-order valence-electron chi connectivity index (χ1n) is 7.95. The van der Waals surface area contributed by atoms with Gasteiger partial charge in [-0.2, -0.15) is 0 Å². The van der Waals surface area contributed by atoms with Crippen LogP contribution in [0.1, 0.15) is 35.7 Å². The molecule has 0 aliphatic carbocycles. The summed E-state index contributed by atoms with van der Waals surface area (Å²) in [4.78, 5) is 12.1. The fourth-order valence-electron chi connectivity index (χ4n) is 2.14. The number of carbonyl (C=O) groups excluding carboxylic acids is 1. The molecule has 0 saturated carbocycles. The van der Waals surface area contributed by atoms with E-state index in [2.05, 4.69) is 10.0 Å². The average Bonchev–Trinajstić information content (AvgIpc) is 2.61. The Morgan fingerprint density at radius 1 is 1.04 bits per heavy atom. The van der Waals surface area contributed by atoms with Gasteiger partial charge in [0.25, 0.3) is 5.91 Å². The predicted octanol–water partition coefficient (Wildman–Crippen LogP) is 2.70. The van der Waals surface area contributed by atoms with Gasteiger partial charge in [0, 0.05) is 18.7 Å². The maximum atomic E-state index is 12.4. The molecular formula is C18H22N2O3S. The monoisotopic (exact) mass is 346 g/mol. The Balaban J connectivity index is 2.07. The summed E-state index contributed by atoms with van der Waals surface area (Å²) in [5.41, 5.74) is 1.21. The van der Waals surface area contributed by atoms with Gasteiger partial charge in [-0.25, -0.2) is 13.1 Å². The minimum absolute atomic E-state index is 0.0848. The first-order chi connectivity index (χ1) is 11.5. The van der Waals surface area contributed by atoms with Gasteiger partial charge in [-0.3, -0.25) is 4.79 Å². The summed E-state index contributed by atoms with van der Waals surface area (Å²) in [5.74, 6) is -0.261. The normalized spacial score (nSPS) is 11.2. The highest BCUT2D eigenvalue weighted by molar-refractivity contribution is 7.89. The molecule has 0 atom stereocenters. The largest absolute Gasteiger partial charge is 0.352 e. The minimum atomic E-state index is -3.67. The topological polar surface area (TPSA) is 75.3 Å². The zero-order valence-electron chi connectivity index (χ0n) is 13.7. The number of hydrogen-bond donors (Lipinski definition) is 2. The summed E-state index contributed by atoms with van der Waals surface area (Å²) in [7, 11) is -3.67. The molecule has 24 heavy (non-hydrogen) atoms. The molecule has 128 valence electrons. The Hall–Kier alpha value is -2.18. The Morgan fingerprint density at radius 2 is 1.79 bits per heavy atom. The van der Waals surface area contributed by atoms with E-state index < -0.39 is 10.0 Å². The summed E-state index contributed by atoms with van der Waals surface area (Å²) < 4.78 is 27.3. The summed E-state index contributed by atoms with van der Waals surface area (Å²) in [6, 6.07) is 15.3. The van der Waals surface area contributed by atoms with Crippen LogP contribution in [0.5, 0.6) is 0 Å². The van der Waals surface area contributed by atoms with Crippen molar-refractivity contribution in [3.8, 4) is 0 Å². The maximum Gasteiger partial charge on any atom is 0.251 e.